The summed E-state index contributed by atoms with van der Waals surface area (Å²) >= 11 is 1.07. The van der Waals surface area contributed by atoms with Crippen molar-refractivity contribution in [2.24, 2.45) is 0 Å². The summed E-state index contributed by atoms with van der Waals surface area (Å²) in [6.45, 7) is 4.85. The monoisotopic (exact) mass is 476 g/mol. The molecule has 0 atom stereocenters. The largest absolute Gasteiger partial charge is 0.619 e. The third-order valence-corrected chi connectivity index (χ3v) is 6.39. The van der Waals surface area contributed by atoms with Crippen molar-refractivity contribution < 1.29 is 22.6 Å². The van der Waals surface area contributed by atoms with E-state index in [1.54, 1.807) is 6.92 Å². The van der Waals surface area contributed by atoms with Gasteiger partial charge in [-0.05, 0) is 13.0 Å². The van der Waals surface area contributed by atoms with Crippen LogP contribution in [-0.2, 0) is 6.18 Å². The Hall–Kier alpha value is -3.25. The minimum atomic E-state index is -4.64. The van der Waals surface area contributed by atoms with Crippen molar-refractivity contribution in [2.75, 3.05) is 37.7 Å². The van der Waals surface area contributed by atoms with Crippen molar-refractivity contribution >= 4 is 37.7 Å². The molecule has 0 unspecified atom stereocenters. The second-order valence-corrected chi connectivity index (χ2v) is 8.46. The lowest BCUT2D eigenvalue weighted by Crippen LogP contribution is -2.44. The minimum Gasteiger partial charge on any atom is -0.619 e. The van der Waals surface area contributed by atoms with Crippen molar-refractivity contribution in [1.29, 1.82) is 0 Å². The maximum Gasteiger partial charge on any atom is 0.417 e. The summed E-state index contributed by atoms with van der Waals surface area (Å²) in [6, 6.07) is 3.87. The van der Waals surface area contributed by atoms with Gasteiger partial charge in [-0.3, -0.25) is 0 Å². The van der Waals surface area contributed by atoms with Crippen LogP contribution in [0.1, 0.15) is 12.5 Å². The first-order chi connectivity index (χ1) is 15.8. The molecule has 33 heavy (non-hydrogen) atoms. The smallest absolute Gasteiger partial charge is 0.417 e. The highest BCUT2D eigenvalue weighted by Crippen LogP contribution is 2.45. The van der Waals surface area contributed by atoms with Gasteiger partial charge in [-0.25, -0.2) is 9.97 Å². The van der Waals surface area contributed by atoms with Crippen molar-refractivity contribution in [3.05, 3.63) is 41.4 Å². The lowest BCUT2D eigenvalue weighted by Gasteiger charge is -2.27. The summed E-state index contributed by atoms with van der Waals surface area (Å²) in [5.74, 6) is 0.591. The van der Waals surface area contributed by atoms with Crippen LogP contribution in [0.5, 0.6) is 5.88 Å². The fourth-order valence-electron chi connectivity index (χ4n) is 3.80. The molecule has 12 heteroatoms. The van der Waals surface area contributed by atoms with Crippen LogP contribution in [0, 0.1) is 5.21 Å². The maximum atomic E-state index is 14.2. The normalized spacial score (nSPS) is 14.8. The van der Waals surface area contributed by atoms with E-state index >= 15 is 0 Å². The number of aromatic nitrogens is 4. The summed E-state index contributed by atoms with van der Waals surface area (Å²) < 4.78 is 49.3. The molecule has 172 valence electrons. The highest BCUT2D eigenvalue weighted by atomic mass is 32.1. The number of rotatable bonds is 4. The van der Waals surface area contributed by atoms with E-state index in [0.29, 0.717) is 40.6 Å². The quantitative estimate of drug-likeness (QED) is 0.357. The number of hydrogen-bond acceptors (Lipinski definition) is 8. The van der Waals surface area contributed by atoms with Crippen LogP contribution in [-0.4, -0.2) is 47.7 Å². The maximum absolute atomic E-state index is 14.2. The van der Waals surface area contributed by atoms with E-state index in [-0.39, 0.29) is 27.3 Å². The number of thiophene rings is 1. The van der Waals surface area contributed by atoms with Crippen LogP contribution in [0.3, 0.4) is 0 Å². The molecule has 1 saturated heterocycles. The van der Waals surface area contributed by atoms with Gasteiger partial charge < -0.3 is 20.2 Å². The Morgan fingerprint density at radius 3 is 2.58 bits per heavy atom. The molecule has 0 amide bonds. The van der Waals surface area contributed by atoms with Crippen molar-refractivity contribution in [1.82, 2.24) is 20.3 Å². The highest BCUT2D eigenvalue weighted by Gasteiger charge is 2.36. The van der Waals surface area contributed by atoms with E-state index in [1.807, 2.05) is 4.90 Å². The van der Waals surface area contributed by atoms with Crippen LogP contribution in [0.2, 0.25) is 0 Å². The van der Waals surface area contributed by atoms with E-state index in [9.17, 15) is 18.4 Å². The number of nitrogens with one attached hydrogen (secondary N) is 1. The minimum absolute atomic E-state index is 0.0687. The van der Waals surface area contributed by atoms with Gasteiger partial charge in [-0.2, -0.15) is 22.9 Å². The number of anilines is 1. The van der Waals surface area contributed by atoms with Gasteiger partial charge in [0.15, 0.2) is 12.4 Å². The third-order valence-electron chi connectivity index (χ3n) is 5.33. The first-order valence-corrected chi connectivity index (χ1v) is 11.2. The van der Waals surface area contributed by atoms with Crippen LogP contribution < -0.4 is 19.7 Å². The van der Waals surface area contributed by atoms with E-state index in [1.165, 1.54) is 24.5 Å². The molecular formula is C21H19F3N6O2S. The summed E-state index contributed by atoms with van der Waals surface area (Å²) in [4.78, 5) is 15.7. The van der Waals surface area contributed by atoms with Crippen LogP contribution in [0.25, 0.3) is 31.7 Å². The highest BCUT2D eigenvalue weighted by molar-refractivity contribution is 7.25. The molecule has 0 saturated carbocycles. The second-order valence-electron chi connectivity index (χ2n) is 7.46. The zero-order valence-electron chi connectivity index (χ0n) is 17.5. The van der Waals surface area contributed by atoms with Crippen LogP contribution >= 0.6 is 11.3 Å². The molecule has 0 radical (unpaired) electrons. The standard InChI is InChI=1S/C21H19F3N6O2S/c1-2-32-18-17-16(27-20(28-18)29-9-5-25-6-10-29)15-13(21(22,23)24)11-14(26-19(15)33-17)12-3-7-30(31)8-4-12/h3-4,7-8,11,25H,2,5-6,9-10H2,1H3. The van der Waals surface area contributed by atoms with Gasteiger partial charge in [-0.1, -0.05) is 0 Å². The van der Waals surface area contributed by atoms with E-state index in [2.05, 4.69) is 20.3 Å². The Morgan fingerprint density at radius 2 is 1.91 bits per heavy atom. The molecule has 5 rings (SSSR count). The number of pyridine rings is 2. The van der Waals surface area contributed by atoms with E-state index < -0.39 is 11.7 Å². The topological polar surface area (TPSA) is 90.1 Å². The van der Waals surface area contributed by atoms with Gasteiger partial charge in [0.1, 0.15) is 15.0 Å². The number of ether oxygens (including phenoxy) is 1. The van der Waals surface area contributed by atoms with Gasteiger partial charge in [-0.15, -0.1) is 11.3 Å². The van der Waals surface area contributed by atoms with Gasteiger partial charge in [0, 0.05) is 43.9 Å². The van der Waals surface area contributed by atoms with Crippen molar-refractivity contribution in [3.8, 4) is 17.1 Å². The summed E-state index contributed by atoms with van der Waals surface area (Å²) in [6.07, 6.45) is -2.20. The number of nitrogens with zero attached hydrogens (tertiary/aromatic N) is 5. The number of halogens is 3. The van der Waals surface area contributed by atoms with Gasteiger partial charge in [0.05, 0.1) is 23.3 Å². The first kappa shape index (κ1) is 21.6. The van der Waals surface area contributed by atoms with E-state index in [4.69, 9.17) is 4.74 Å². The molecule has 0 bridgehead atoms. The van der Waals surface area contributed by atoms with Gasteiger partial charge in [0.2, 0.25) is 11.8 Å². The number of piperazine rings is 1. The average Bonchev–Trinajstić information content (AvgIpc) is 3.18. The fraction of sp³-hybridized carbons (Fsp3) is 0.333. The predicted molar refractivity (Wildman–Crippen MR) is 118 cm³/mol. The molecular weight excluding hydrogens is 457 g/mol. The molecule has 0 aliphatic carbocycles. The number of alkyl halides is 3. The second kappa shape index (κ2) is 8.27. The Bertz CT molecular complexity index is 1320. The molecule has 5 heterocycles. The first-order valence-electron chi connectivity index (χ1n) is 10.4. The SMILES string of the molecule is CCOc1nc(N2CCNCC2)nc2c1sc1nc(-c3cc[n+]([O-])cc3)cc(C(F)(F)F)c12. The summed E-state index contributed by atoms with van der Waals surface area (Å²) in [7, 11) is 0. The molecule has 0 aromatic carbocycles. The molecule has 0 spiro atoms. The Morgan fingerprint density at radius 1 is 1.18 bits per heavy atom. The summed E-state index contributed by atoms with van der Waals surface area (Å²) in [5, 5.41) is 14.5. The Balaban J connectivity index is 1.79. The molecule has 1 N–H and O–H groups in total. The van der Waals surface area contributed by atoms with Gasteiger partial charge >= 0.3 is 6.18 Å². The van der Waals surface area contributed by atoms with Crippen molar-refractivity contribution in [3.63, 3.8) is 0 Å². The Labute approximate surface area is 190 Å². The summed E-state index contributed by atoms with van der Waals surface area (Å²) in [5.41, 5.74) is -0.126. The molecule has 1 aliphatic heterocycles. The van der Waals surface area contributed by atoms with Crippen LogP contribution in [0.15, 0.2) is 30.6 Å². The average molecular weight is 476 g/mol. The lowest BCUT2D eigenvalue weighted by molar-refractivity contribution is -0.605. The van der Waals surface area contributed by atoms with Crippen LogP contribution in [0.4, 0.5) is 19.1 Å². The molecule has 8 nitrogen and oxygen atoms in total. The zero-order valence-corrected chi connectivity index (χ0v) is 18.3. The molecule has 4 aromatic heterocycles. The number of fused-ring (bicyclic) bond motifs is 3. The molecule has 4 aromatic rings. The lowest BCUT2D eigenvalue weighted by atomic mass is 10.1. The fourth-order valence-corrected chi connectivity index (χ4v) is 4.88. The number of hydrogen-bond donors (Lipinski definition) is 1. The van der Waals surface area contributed by atoms with E-state index in [0.717, 1.165) is 30.5 Å². The van der Waals surface area contributed by atoms with Crippen molar-refractivity contribution in [2.45, 2.75) is 13.1 Å². The molecule has 1 aliphatic rings. The molecule has 1 fully saturated rings. The Kier molecular flexibility index (Phi) is 5.41. The third kappa shape index (κ3) is 4.00. The van der Waals surface area contributed by atoms with Gasteiger partial charge in [0.25, 0.3) is 0 Å². The predicted octanol–water partition coefficient (Wildman–Crippen LogP) is 3.37. The zero-order chi connectivity index (χ0) is 23.2.